The minimum Gasteiger partial charge on any atom is -0.481 e. The normalized spacial score (nSPS) is 13.4. The molecule has 2 aromatic rings. The number of aliphatic hydroxyl groups excluding tert-OH is 2. The summed E-state index contributed by atoms with van der Waals surface area (Å²) in [6.45, 7) is 8.16. The number of aliphatic carboxylic acids is 1. The van der Waals surface area contributed by atoms with Crippen LogP contribution in [0.1, 0.15) is 109 Å². The molecule has 0 fully saturated rings. The fourth-order valence-corrected chi connectivity index (χ4v) is 5.39. The van der Waals surface area contributed by atoms with Gasteiger partial charge in [-0.25, -0.2) is 27.1 Å². The van der Waals surface area contributed by atoms with Crippen molar-refractivity contribution < 1.29 is 42.5 Å². The largest absolute Gasteiger partial charge is 0.481 e. The Morgan fingerprint density at radius 3 is 1.91 bits per heavy atom. The molecular weight excluding hydrogens is 750 g/mol. The van der Waals surface area contributed by atoms with Crippen molar-refractivity contribution in [1.82, 2.24) is 9.97 Å². The molecule has 1 aromatic heterocycles. The summed E-state index contributed by atoms with van der Waals surface area (Å²) in [5.74, 6) is -1.96. The lowest BCUT2D eigenvalue weighted by atomic mass is 9.97. The van der Waals surface area contributed by atoms with E-state index in [4.69, 9.17) is 9.84 Å². The molecule has 0 unspecified atom stereocenters. The molecule has 1 heterocycles. The van der Waals surface area contributed by atoms with E-state index >= 15 is 0 Å². The molecule has 0 amide bonds. The fraction of sp³-hybridized carbons (Fsp3) is 0.455. The van der Waals surface area contributed by atoms with Crippen molar-refractivity contribution in [3.63, 3.8) is 0 Å². The molecule has 0 saturated carbocycles. The van der Waals surface area contributed by atoms with Crippen LogP contribution in [0.5, 0.6) is 0 Å². The van der Waals surface area contributed by atoms with Gasteiger partial charge in [0.15, 0.2) is 0 Å². The monoisotopic (exact) mass is 811 g/mol. The summed E-state index contributed by atoms with van der Waals surface area (Å²) >= 11 is 0. The lowest BCUT2D eigenvalue weighted by molar-refractivity contribution is -0.143. The number of aromatic nitrogens is 2. The minimum absolute atomic E-state index is 0.0601. The maximum absolute atomic E-state index is 13.5. The zero-order valence-electron chi connectivity index (χ0n) is 34.3. The van der Waals surface area contributed by atoms with Gasteiger partial charge in [0.2, 0.25) is 16.0 Å². The first-order valence-corrected chi connectivity index (χ1v) is 21.2. The van der Waals surface area contributed by atoms with E-state index in [1.54, 1.807) is 0 Å². The zero-order chi connectivity index (χ0) is 42.6. The van der Waals surface area contributed by atoms with Crippen molar-refractivity contribution in [2.24, 2.45) is 0 Å². The Labute approximate surface area is 339 Å². The molecule has 314 valence electrons. The second-order valence-electron chi connectivity index (χ2n) is 13.4. The first-order chi connectivity index (χ1) is 27.1. The van der Waals surface area contributed by atoms with Crippen LogP contribution >= 0.6 is 0 Å². The smallest absolute Gasteiger partial charge is 0.305 e. The van der Waals surface area contributed by atoms with Crippen LogP contribution < -0.4 is 4.31 Å². The van der Waals surface area contributed by atoms with Crippen molar-refractivity contribution in [2.75, 3.05) is 24.2 Å². The van der Waals surface area contributed by atoms with Crippen LogP contribution in [-0.4, -0.2) is 77.8 Å². The number of unbranched alkanes of at least 4 members (excludes halogenated alkanes) is 1. The number of allylic oxidation sites excluding steroid dienone is 10. The van der Waals surface area contributed by atoms with Crippen LogP contribution in [-0.2, 0) is 24.3 Å². The van der Waals surface area contributed by atoms with E-state index in [0.717, 1.165) is 55.5 Å². The number of anilines is 1. The van der Waals surface area contributed by atoms with E-state index in [2.05, 4.69) is 77.7 Å². The van der Waals surface area contributed by atoms with Gasteiger partial charge in [-0.05, 0) is 82.1 Å². The second kappa shape index (κ2) is 28.6. The highest BCUT2D eigenvalue weighted by Gasteiger charge is 2.22. The molecule has 0 aliphatic heterocycles. The topological polar surface area (TPSA) is 167 Å². The van der Waals surface area contributed by atoms with Crippen LogP contribution in [0.25, 0.3) is 17.3 Å². The summed E-state index contributed by atoms with van der Waals surface area (Å²) in [7, 11) is -2.33. The lowest BCUT2D eigenvalue weighted by Gasteiger charge is -2.20. The summed E-state index contributed by atoms with van der Waals surface area (Å²) in [5, 5.41) is 28.8. The summed E-state index contributed by atoms with van der Waals surface area (Å²) in [6.07, 6.45) is 30.1. The maximum atomic E-state index is 13.5. The zero-order valence-corrected chi connectivity index (χ0v) is 35.1. The number of halogens is 1. The first kappa shape index (κ1) is 50.3. The summed E-state index contributed by atoms with van der Waals surface area (Å²) < 4.78 is 43.5. The van der Waals surface area contributed by atoms with E-state index in [0.29, 0.717) is 35.5 Å². The third kappa shape index (κ3) is 22.6. The first-order valence-electron chi connectivity index (χ1n) is 19.4. The molecule has 2 rings (SSSR count). The average molecular weight is 812 g/mol. The van der Waals surface area contributed by atoms with Crippen LogP contribution in [0, 0.1) is 5.82 Å². The van der Waals surface area contributed by atoms with Crippen molar-refractivity contribution in [3.05, 3.63) is 108 Å². The summed E-state index contributed by atoms with van der Waals surface area (Å²) in [5.41, 5.74) is 1.80. The minimum atomic E-state index is -3.65. The molecule has 0 aliphatic carbocycles. The lowest BCUT2D eigenvalue weighted by Crippen LogP contribution is -2.27. The van der Waals surface area contributed by atoms with Gasteiger partial charge < -0.3 is 20.1 Å². The van der Waals surface area contributed by atoms with Gasteiger partial charge in [0, 0.05) is 31.0 Å². The van der Waals surface area contributed by atoms with E-state index in [1.807, 2.05) is 20.8 Å². The number of esters is 1. The van der Waals surface area contributed by atoms with Crippen LogP contribution in [0.4, 0.5) is 10.3 Å². The molecule has 1 aromatic carbocycles. The predicted octanol–water partition coefficient (Wildman–Crippen LogP) is 8.87. The Hall–Kier alpha value is -4.72. The number of hydrogen-bond donors (Lipinski definition) is 3. The van der Waals surface area contributed by atoms with Crippen molar-refractivity contribution in [1.29, 1.82) is 0 Å². The summed E-state index contributed by atoms with van der Waals surface area (Å²) in [4.78, 5) is 30.7. The molecule has 0 aliphatic rings. The van der Waals surface area contributed by atoms with Gasteiger partial charge in [0.1, 0.15) is 5.82 Å². The predicted molar refractivity (Wildman–Crippen MR) is 228 cm³/mol. The maximum Gasteiger partial charge on any atom is 0.305 e. The van der Waals surface area contributed by atoms with E-state index in [1.165, 1.54) is 43.5 Å². The molecule has 13 heteroatoms. The Morgan fingerprint density at radius 2 is 1.42 bits per heavy atom. The van der Waals surface area contributed by atoms with Gasteiger partial charge in [0.05, 0.1) is 42.9 Å². The number of nitrogens with zero attached hydrogens (tertiary/aromatic N) is 3. The number of sulfonamides is 1. The van der Waals surface area contributed by atoms with E-state index in [9.17, 15) is 32.6 Å². The molecule has 0 saturated heterocycles. The van der Waals surface area contributed by atoms with Crippen molar-refractivity contribution in [3.8, 4) is 11.3 Å². The molecule has 2 atom stereocenters. The number of carbonyl (C=O) groups excluding carboxylic acids is 1. The Kier molecular flexibility index (Phi) is 25.3. The molecule has 0 radical (unpaired) electrons. The Morgan fingerprint density at radius 1 is 0.877 bits per heavy atom. The Bertz CT molecular complexity index is 1780. The molecule has 3 N–H and O–H groups in total. The molecule has 11 nitrogen and oxygen atoms in total. The third-order valence-corrected chi connectivity index (χ3v) is 9.19. The number of benzene rings is 1. The molecule has 0 bridgehead atoms. The van der Waals surface area contributed by atoms with Gasteiger partial charge in [-0.2, -0.15) is 0 Å². The number of carboxylic acids is 1. The van der Waals surface area contributed by atoms with Crippen LogP contribution in [0.15, 0.2) is 91.1 Å². The number of carbonyl (C=O) groups is 2. The molecule has 57 heavy (non-hydrogen) atoms. The van der Waals surface area contributed by atoms with Crippen LogP contribution in [0.2, 0.25) is 0 Å². The van der Waals surface area contributed by atoms with Gasteiger partial charge >= 0.3 is 11.9 Å². The number of hydrogen-bond acceptors (Lipinski definition) is 9. The fourth-order valence-electron chi connectivity index (χ4n) is 5.01. The van der Waals surface area contributed by atoms with Crippen molar-refractivity contribution in [2.45, 2.75) is 110 Å². The highest BCUT2D eigenvalue weighted by atomic mass is 32.2. The number of rotatable bonds is 24. The van der Waals surface area contributed by atoms with Gasteiger partial charge in [-0.1, -0.05) is 93.7 Å². The highest BCUT2D eigenvalue weighted by Crippen LogP contribution is 2.31. The highest BCUT2D eigenvalue weighted by molar-refractivity contribution is 7.92. The summed E-state index contributed by atoms with van der Waals surface area (Å²) in [6, 6.07) is 5.49. The van der Waals surface area contributed by atoms with Gasteiger partial charge in [-0.3, -0.25) is 9.59 Å². The number of ether oxygens (including phenoxy) is 1. The number of carboxylic acid groups (broad SMARTS) is 1. The Balaban J connectivity index is 0.000000602. The molecular formula is C44H62FN3O8S. The molecule has 0 spiro atoms. The average Bonchev–Trinajstić information content (AvgIpc) is 3.14. The third-order valence-electron chi connectivity index (χ3n) is 8.03. The van der Waals surface area contributed by atoms with Gasteiger partial charge in [-0.15, -0.1) is 0 Å². The quantitative estimate of drug-likeness (QED) is 0.0529. The number of aliphatic hydroxyl groups is 2. The van der Waals surface area contributed by atoms with Gasteiger partial charge in [0.25, 0.3) is 0 Å². The van der Waals surface area contributed by atoms with E-state index in [-0.39, 0.29) is 24.3 Å². The standard InChI is InChI=1S/C22H28FN3O6S.C22H34O2/c1-13(2)20-18(10-9-16(27)11-17(28)12-19(29)30)21(14-5-7-15(23)8-6-14)25-22(24-20)26(3)33(4,31)32;1-3-5-6-7-8-9-10-11-12-13-14-15-16-17-18-19-20-21-22(23)24-4-2/h5-10,13,16-17,27-28H,11-12H2,1-4H3,(H,29,30);5-6,8-9,11-12,14-15,17-18H,3-4,7,10,13,16,19-21H2,1-2H3/b10-9+;6-5-,9-8-,12-11-,15-14-,18-17-/t16-,17-;/m1./s1. The van der Waals surface area contributed by atoms with Crippen LogP contribution in [0.3, 0.4) is 0 Å². The van der Waals surface area contributed by atoms with E-state index < -0.39 is 40.4 Å². The SMILES string of the molecule is CC(C)c1nc(N(C)S(C)(=O)=O)nc(-c2ccc(F)cc2)c1/C=C/[C@@H](O)C[C@@H](O)CC(=O)O.CC/C=C\C/C=C\C/C=C\C/C=C\C/C=C\CCCC(=O)OCC. The van der Waals surface area contributed by atoms with Crippen molar-refractivity contribution >= 4 is 34.0 Å². The second-order valence-corrected chi connectivity index (χ2v) is 15.4.